The summed E-state index contributed by atoms with van der Waals surface area (Å²) in [7, 11) is 0. The van der Waals surface area contributed by atoms with Gasteiger partial charge in [0.2, 0.25) is 0 Å². The molecule has 86 valence electrons. The number of hydrogen-bond donors (Lipinski definition) is 1. The average molecular weight is 225 g/mol. The minimum atomic E-state index is 0.854. The lowest BCUT2D eigenvalue weighted by Crippen LogP contribution is -2.22. The Labute approximate surface area is 100 Å². The number of aromatic amines is 1. The van der Waals surface area contributed by atoms with Crippen molar-refractivity contribution >= 4 is 16.6 Å². The Morgan fingerprint density at radius 1 is 1.35 bits per heavy atom. The first-order valence-corrected chi connectivity index (χ1v) is 6.27. The number of pyridine rings is 1. The maximum atomic E-state index is 4.34. The van der Waals surface area contributed by atoms with Crippen molar-refractivity contribution in [3.63, 3.8) is 0 Å². The van der Waals surface area contributed by atoms with E-state index in [4.69, 9.17) is 0 Å². The largest absolute Gasteiger partial charge is 0.346 e. The fourth-order valence-electron chi connectivity index (χ4n) is 2.71. The van der Waals surface area contributed by atoms with Crippen molar-refractivity contribution in [1.82, 2.24) is 14.9 Å². The van der Waals surface area contributed by atoms with Gasteiger partial charge < -0.3 is 4.98 Å². The Morgan fingerprint density at radius 2 is 2.29 bits per heavy atom. The second kappa shape index (κ2) is 3.44. The zero-order chi connectivity index (χ0) is 11.2. The van der Waals surface area contributed by atoms with Gasteiger partial charge in [0.05, 0.1) is 0 Å². The maximum Gasteiger partial charge on any atom is 0.137 e. The summed E-state index contributed by atoms with van der Waals surface area (Å²) in [6, 6.07) is 5.01. The molecule has 1 fully saturated rings. The minimum Gasteiger partial charge on any atom is -0.346 e. The first-order chi connectivity index (χ1) is 8.42. The van der Waals surface area contributed by atoms with E-state index in [-0.39, 0.29) is 0 Å². The number of aromatic nitrogens is 2. The van der Waals surface area contributed by atoms with Crippen molar-refractivity contribution in [2.45, 2.75) is 18.9 Å². The summed E-state index contributed by atoms with van der Waals surface area (Å²) >= 11 is 0. The molecule has 1 aliphatic carbocycles. The zero-order valence-electron chi connectivity index (χ0n) is 9.69. The number of H-pyrrole nitrogens is 1. The van der Waals surface area contributed by atoms with Crippen LogP contribution in [0.25, 0.3) is 16.6 Å². The minimum absolute atomic E-state index is 0.854. The van der Waals surface area contributed by atoms with E-state index in [0.29, 0.717) is 0 Å². The molecule has 0 unspecified atom stereocenters. The van der Waals surface area contributed by atoms with Gasteiger partial charge in [0.25, 0.3) is 0 Å². The van der Waals surface area contributed by atoms with E-state index in [1.54, 1.807) is 0 Å². The SMILES string of the molecule is C1=C(c2c[nH]c3ncccc23)CN(C2CC2)C1. The molecule has 0 amide bonds. The van der Waals surface area contributed by atoms with E-state index >= 15 is 0 Å². The summed E-state index contributed by atoms with van der Waals surface area (Å²) < 4.78 is 0. The highest BCUT2D eigenvalue weighted by Gasteiger charge is 2.31. The van der Waals surface area contributed by atoms with E-state index in [2.05, 4.69) is 33.2 Å². The number of nitrogens with one attached hydrogen (secondary N) is 1. The second-order valence-electron chi connectivity index (χ2n) is 4.99. The molecule has 1 N–H and O–H groups in total. The van der Waals surface area contributed by atoms with Crippen LogP contribution in [-0.4, -0.2) is 34.0 Å². The molecule has 0 bridgehead atoms. The Kier molecular flexibility index (Phi) is 1.91. The lowest BCUT2D eigenvalue weighted by atomic mass is 10.1. The molecule has 0 aromatic carbocycles. The third kappa shape index (κ3) is 1.50. The molecule has 1 aliphatic heterocycles. The highest BCUT2D eigenvalue weighted by atomic mass is 15.2. The Bertz CT molecular complexity index is 592. The molecule has 3 heteroatoms. The van der Waals surface area contributed by atoms with Gasteiger partial charge in [-0.2, -0.15) is 0 Å². The molecular weight excluding hydrogens is 210 g/mol. The molecule has 0 atom stereocenters. The molecule has 17 heavy (non-hydrogen) atoms. The van der Waals surface area contributed by atoms with Crippen molar-refractivity contribution in [2.75, 3.05) is 13.1 Å². The number of hydrogen-bond acceptors (Lipinski definition) is 2. The summed E-state index contributed by atoms with van der Waals surface area (Å²) in [5.74, 6) is 0. The molecule has 0 spiro atoms. The highest BCUT2D eigenvalue weighted by Crippen LogP contribution is 2.34. The van der Waals surface area contributed by atoms with Gasteiger partial charge in [-0.05, 0) is 30.5 Å². The second-order valence-corrected chi connectivity index (χ2v) is 4.99. The fraction of sp³-hybridized carbons (Fsp3) is 0.357. The third-order valence-corrected chi connectivity index (χ3v) is 3.81. The molecule has 2 aromatic heterocycles. The molecule has 3 heterocycles. The predicted molar refractivity (Wildman–Crippen MR) is 68.7 cm³/mol. The van der Waals surface area contributed by atoms with Crippen molar-refractivity contribution in [2.24, 2.45) is 0 Å². The van der Waals surface area contributed by atoms with Crippen molar-refractivity contribution in [1.29, 1.82) is 0 Å². The van der Waals surface area contributed by atoms with E-state index in [9.17, 15) is 0 Å². The van der Waals surface area contributed by atoms with E-state index in [1.807, 2.05) is 12.3 Å². The predicted octanol–water partition coefficient (Wildman–Crippen LogP) is 2.42. The van der Waals surface area contributed by atoms with Crippen molar-refractivity contribution in [3.05, 3.63) is 36.2 Å². The molecule has 2 aromatic rings. The molecule has 1 saturated carbocycles. The molecule has 0 saturated heterocycles. The molecule has 4 rings (SSSR count). The van der Waals surface area contributed by atoms with Gasteiger partial charge in [-0.25, -0.2) is 4.98 Å². The Hall–Kier alpha value is -1.61. The van der Waals surface area contributed by atoms with Crippen LogP contribution >= 0.6 is 0 Å². The smallest absolute Gasteiger partial charge is 0.137 e. The van der Waals surface area contributed by atoms with Gasteiger partial charge in [0, 0.05) is 42.5 Å². The van der Waals surface area contributed by atoms with E-state index < -0.39 is 0 Å². The van der Waals surface area contributed by atoms with Gasteiger partial charge in [-0.1, -0.05) is 6.08 Å². The monoisotopic (exact) mass is 225 g/mol. The van der Waals surface area contributed by atoms with Crippen molar-refractivity contribution < 1.29 is 0 Å². The van der Waals surface area contributed by atoms with Crippen LogP contribution in [0, 0.1) is 0 Å². The number of fused-ring (bicyclic) bond motifs is 1. The summed E-state index contributed by atoms with van der Waals surface area (Å²) in [5, 5.41) is 1.25. The first-order valence-electron chi connectivity index (χ1n) is 6.27. The number of rotatable bonds is 2. The maximum absolute atomic E-state index is 4.34. The number of nitrogens with zero attached hydrogens (tertiary/aromatic N) is 2. The fourth-order valence-corrected chi connectivity index (χ4v) is 2.71. The van der Waals surface area contributed by atoms with Gasteiger partial charge in [-0.3, -0.25) is 4.90 Å². The van der Waals surface area contributed by atoms with Crippen LogP contribution in [0.15, 0.2) is 30.6 Å². The van der Waals surface area contributed by atoms with Gasteiger partial charge in [0.15, 0.2) is 0 Å². The van der Waals surface area contributed by atoms with Crippen LogP contribution in [0.5, 0.6) is 0 Å². The van der Waals surface area contributed by atoms with Crippen LogP contribution in [-0.2, 0) is 0 Å². The summed E-state index contributed by atoms with van der Waals surface area (Å²) in [6.45, 7) is 2.22. The van der Waals surface area contributed by atoms with Crippen molar-refractivity contribution in [3.8, 4) is 0 Å². The first kappa shape index (κ1) is 9.42. The molecule has 3 nitrogen and oxygen atoms in total. The lowest BCUT2D eigenvalue weighted by Gasteiger charge is -2.13. The van der Waals surface area contributed by atoms with Crippen LogP contribution in [0.3, 0.4) is 0 Å². The van der Waals surface area contributed by atoms with Crippen LogP contribution in [0.1, 0.15) is 18.4 Å². The topological polar surface area (TPSA) is 31.9 Å². The van der Waals surface area contributed by atoms with E-state index in [0.717, 1.165) is 24.8 Å². The Morgan fingerprint density at radius 3 is 3.18 bits per heavy atom. The van der Waals surface area contributed by atoms with Crippen LogP contribution in [0.4, 0.5) is 0 Å². The standard InChI is InChI=1S/C14H15N3/c1-2-12-13(8-16-14(12)15-6-1)10-5-7-17(9-10)11-3-4-11/h1-2,5-6,8,11H,3-4,7,9H2,(H,15,16). The molecule has 2 aliphatic rings. The van der Waals surface area contributed by atoms with Crippen LogP contribution < -0.4 is 0 Å². The van der Waals surface area contributed by atoms with Gasteiger partial charge >= 0.3 is 0 Å². The Balaban J connectivity index is 1.70. The highest BCUT2D eigenvalue weighted by molar-refractivity contribution is 5.91. The zero-order valence-corrected chi connectivity index (χ0v) is 9.69. The lowest BCUT2D eigenvalue weighted by molar-refractivity contribution is 0.345. The average Bonchev–Trinajstić information content (AvgIpc) is 2.95. The summed E-state index contributed by atoms with van der Waals surface area (Å²) in [4.78, 5) is 10.2. The van der Waals surface area contributed by atoms with E-state index in [1.165, 1.54) is 29.4 Å². The summed E-state index contributed by atoms with van der Waals surface area (Å²) in [6.07, 6.45) is 9.07. The van der Waals surface area contributed by atoms with Gasteiger partial charge in [-0.15, -0.1) is 0 Å². The van der Waals surface area contributed by atoms with Crippen LogP contribution in [0.2, 0.25) is 0 Å². The summed E-state index contributed by atoms with van der Waals surface area (Å²) in [5.41, 5.74) is 3.78. The van der Waals surface area contributed by atoms with Gasteiger partial charge in [0.1, 0.15) is 5.65 Å². The third-order valence-electron chi connectivity index (χ3n) is 3.81. The normalized spacial score (nSPS) is 21.1. The molecular formula is C14H15N3. The molecule has 0 radical (unpaired) electrons. The quantitative estimate of drug-likeness (QED) is 0.851.